The first-order valence-corrected chi connectivity index (χ1v) is 9.25. The van der Waals surface area contributed by atoms with Crippen molar-refractivity contribution >= 4 is 46.3 Å². The molecule has 2 aromatic carbocycles. The first kappa shape index (κ1) is 18.8. The molecule has 1 heterocycles. The highest BCUT2D eigenvalue weighted by Gasteiger charge is 2.15. The fourth-order valence-electron chi connectivity index (χ4n) is 2.91. The Morgan fingerprint density at radius 3 is 2.35 bits per heavy atom. The number of hydrogen-bond donors (Lipinski definition) is 2. The minimum Gasteiger partial charge on any atom is -0.369 e. The molecule has 1 fully saturated rings. The molecule has 138 valence electrons. The van der Waals surface area contributed by atoms with Gasteiger partial charge in [-0.3, -0.25) is 0 Å². The normalized spacial score (nSPS) is 15.0. The number of halogens is 2. The van der Waals surface area contributed by atoms with Crippen LogP contribution >= 0.6 is 23.2 Å². The Labute approximate surface area is 163 Å². The molecule has 1 aliphatic heterocycles. The third-order valence-electron chi connectivity index (χ3n) is 4.50. The van der Waals surface area contributed by atoms with Crippen molar-refractivity contribution in [1.29, 1.82) is 0 Å². The van der Waals surface area contributed by atoms with E-state index in [0.29, 0.717) is 15.7 Å². The monoisotopic (exact) mass is 392 g/mol. The van der Waals surface area contributed by atoms with Crippen LogP contribution in [0.2, 0.25) is 10.0 Å². The highest BCUT2D eigenvalue weighted by atomic mass is 35.5. The number of carbonyl (C=O) groups is 1. The molecule has 7 heteroatoms. The standard InChI is InChI=1S/C19H22Cl2N4O/c1-13-11-15(25-9-7-24(2)8-10-25)4-6-18(13)23-19(26)22-14-3-5-16(20)17(21)12-14/h3-6,11-12H,7-10H2,1-2H3,(H2,22,23,26). The van der Waals surface area contributed by atoms with Crippen LogP contribution in [0.3, 0.4) is 0 Å². The van der Waals surface area contributed by atoms with Crippen LogP contribution in [0.5, 0.6) is 0 Å². The van der Waals surface area contributed by atoms with Crippen molar-refractivity contribution in [3.63, 3.8) is 0 Å². The summed E-state index contributed by atoms with van der Waals surface area (Å²) in [5, 5.41) is 6.49. The minimum atomic E-state index is -0.321. The summed E-state index contributed by atoms with van der Waals surface area (Å²) in [6.45, 7) is 6.14. The lowest BCUT2D eigenvalue weighted by molar-refractivity contribution is 0.262. The minimum absolute atomic E-state index is 0.321. The van der Waals surface area contributed by atoms with E-state index in [-0.39, 0.29) is 6.03 Å². The number of hydrogen-bond acceptors (Lipinski definition) is 3. The van der Waals surface area contributed by atoms with Gasteiger partial charge in [-0.2, -0.15) is 0 Å². The molecule has 2 aromatic rings. The molecule has 2 N–H and O–H groups in total. The van der Waals surface area contributed by atoms with Crippen molar-refractivity contribution < 1.29 is 4.79 Å². The number of likely N-dealkylation sites (N-methyl/N-ethyl adjacent to an activating group) is 1. The van der Waals surface area contributed by atoms with Crippen molar-refractivity contribution in [3.8, 4) is 0 Å². The molecule has 0 bridgehead atoms. The van der Waals surface area contributed by atoms with Gasteiger partial charge in [-0.05, 0) is 55.9 Å². The molecule has 0 radical (unpaired) electrons. The van der Waals surface area contributed by atoms with Gasteiger partial charge in [0.05, 0.1) is 10.0 Å². The summed E-state index contributed by atoms with van der Waals surface area (Å²) in [7, 11) is 2.14. The lowest BCUT2D eigenvalue weighted by Crippen LogP contribution is -2.44. The van der Waals surface area contributed by atoms with Crippen molar-refractivity contribution in [1.82, 2.24) is 4.90 Å². The topological polar surface area (TPSA) is 47.6 Å². The number of carbonyl (C=O) groups excluding carboxylic acids is 1. The van der Waals surface area contributed by atoms with E-state index in [2.05, 4.69) is 33.5 Å². The number of amides is 2. The molecule has 0 spiro atoms. The quantitative estimate of drug-likeness (QED) is 0.795. The summed E-state index contributed by atoms with van der Waals surface area (Å²) in [4.78, 5) is 16.9. The largest absolute Gasteiger partial charge is 0.369 e. The fraction of sp³-hybridized carbons (Fsp3) is 0.316. The van der Waals surface area contributed by atoms with E-state index in [4.69, 9.17) is 23.2 Å². The highest BCUT2D eigenvalue weighted by molar-refractivity contribution is 6.42. The van der Waals surface area contributed by atoms with Crippen LogP contribution in [0.15, 0.2) is 36.4 Å². The number of anilines is 3. The first-order valence-electron chi connectivity index (χ1n) is 8.49. The van der Waals surface area contributed by atoms with Gasteiger partial charge in [0.25, 0.3) is 0 Å². The van der Waals surface area contributed by atoms with E-state index in [1.165, 1.54) is 5.69 Å². The average molecular weight is 393 g/mol. The molecule has 26 heavy (non-hydrogen) atoms. The number of urea groups is 1. The van der Waals surface area contributed by atoms with E-state index >= 15 is 0 Å². The molecule has 5 nitrogen and oxygen atoms in total. The molecule has 0 aromatic heterocycles. The zero-order valence-corrected chi connectivity index (χ0v) is 16.4. The van der Waals surface area contributed by atoms with Gasteiger partial charge in [0, 0.05) is 43.2 Å². The Kier molecular flexibility index (Phi) is 5.91. The van der Waals surface area contributed by atoms with Gasteiger partial charge in [0.2, 0.25) is 0 Å². The van der Waals surface area contributed by atoms with Gasteiger partial charge in [-0.25, -0.2) is 4.79 Å². The maximum Gasteiger partial charge on any atom is 0.323 e. The molecule has 0 saturated carbocycles. The Balaban J connectivity index is 1.64. The van der Waals surface area contributed by atoms with Crippen LogP contribution in [-0.4, -0.2) is 44.2 Å². The highest BCUT2D eigenvalue weighted by Crippen LogP contribution is 2.26. The number of piperazine rings is 1. The molecule has 0 aliphatic carbocycles. The molecular formula is C19H22Cl2N4O. The van der Waals surface area contributed by atoms with Gasteiger partial charge in [-0.15, -0.1) is 0 Å². The second-order valence-corrected chi connectivity index (χ2v) is 7.31. The zero-order chi connectivity index (χ0) is 18.7. The molecule has 1 saturated heterocycles. The second-order valence-electron chi connectivity index (χ2n) is 6.50. The number of rotatable bonds is 3. The van der Waals surface area contributed by atoms with Gasteiger partial charge < -0.3 is 20.4 Å². The van der Waals surface area contributed by atoms with Crippen LogP contribution in [0.25, 0.3) is 0 Å². The predicted octanol–water partition coefficient (Wildman–Crippen LogP) is 4.70. The fourth-order valence-corrected chi connectivity index (χ4v) is 3.21. The van der Waals surface area contributed by atoms with E-state index in [1.54, 1.807) is 18.2 Å². The third-order valence-corrected chi connectivity index (χ3v) is 5.24. The lowest BCUT2D eigenvalue weighted by Gasteiger charge is -2.34. The van der Waals surface area contributed by atoms with Gasteiger partial charge in [0.1, 0.15) is 0 Å². The van der Waals surface area contributed by atoms with Gasteiger partial charge in [0.15, 0.2) is 0 Å². The number of nitrogens with one attached hydrogen (secondary N) is 2. The number of nitrogens with zero attached hydrogens (tertiary/aromatic N) is 2. The number of benzene rings is 2. The summed E-state index contributed by atoms with van der Waals surface area (Å²) in [6, 6.07) is 10.8. The molecule has 1 aliphatic rings. The van der Waals surface area contributed by atoms with E-state index in [1.807, 2.05) is 19.1 Å². The van der Waals surface area contributed by atoms with Crippen molar-refractivity contribution in [2.75, 3.05) is 48.8 Å². The molecule has 2 amide bonds. The SMILES string of the molecule is Cc1cc(N2CCN(C)CC2)ccc1NC(=O)Nc1ccc(Cl)c(Cl)c1. The van der Waals surface area contributed by atoms with E-state index in [0.717, 1.165) is 37.4 Å². The first-order chi connectivity index (χ1) is 12.4. The smallest absolute Gasteiger partial charge is 0.323 e. The van der Waals surface area contributed by atoms with Crippen molar-refractivity contribution in [2.45, 2.75) is 6.92 Å². The Morgan fingerprint density at radius 2 is 1.69 bits per heavy atom. The Morgan fingerprint density at radius 1 is 0.962 bits per heavy atom. The van der Waals surface area contributed by atoms with Crippen LogP contribution in [0.4, 0.5) is 21.9 Å². The predicted molar refractivity (Wildman–Crippen MR) is 110 cm³/mol. The molecule has 0 atom stereocenters. The maximum absolute atomic E-state index is 12.2. The van der Waals surface area contributed by atoms with E-state index in [9.17, 15) is 4.79 Å². The Hall–Kier alpha value is -1.95. The second kappa shape index (κ2) is 8.16. The Bertz CT molecular complexity index is 804. The van der Waals surface area contributed by atoms with E-state index < -0.39 is 0 Å². The summed E-state index contributed by atoms with van der Waals surface area (Å²) >= 11 is 11.9. The lowest BCUT2D eigenvalue weighted by atomic mass is 10.1. The molecule has 0 unspecified atom stereocenters. The van der Waals surface area contributed by atoms with Gasteiger partial charge in [-0.1, -0.05) is 23.2 Å². The van der Waals surface area contributed by atoms with Gasteiger partial charge >= 0.3 is 6.03 Å². The van der Waals surface area contributed by atoms with Crippen LogP contribution in [-0.2, 0) is 0 Å². The summed E-state index contributed by atoms with van der Waals surface area (Å²) < 4.78 is 0. The number of aryl methyl sites for hydroxylation is 1. The van der Waals surface area contributed by atoms with Crippen LogP contribution in [0, 0.1) is 6.92 Å². The van der Waals surface area contributed by atoms with Crippen LogP contribution in [0.1, 0.15) is 5.56 Å². The zero-order valence-electron chi connectivity index (χ0n) is 14.9. The summed E-state index contributed by atoms with van der Waals surface area (Å²) in [5.41, 5.74) is 3.57. The summed E-state index contributed by atoms with van der Waals surface area (Å²) in [5.74, 6) is 0. The summed E-state index contributed by atoms with van der Waals surface area (Å²) in [6.07, 6.45) is 0. The third kappa shape index (κ3) is 4.61. The molecule has 3 rings (SSSR count). The molecular weight excluding hydrogens is 371 g/mol. The maximum atomic E-state index is 12.2. The van der Waals surface area contributed by atoms with Crippen LogP contribution < -0.4 is 15.5 Å². The average Bonchev–Trinajstić information content (AvgIpc) is 2.60. The van der Waals surface area contributed by atoms with Crippen molar-refractivity contribution in [2.24, 2.45) is 0 Å². The van der Waals surface area contributed by atoms with Crippen molar-refractivity contribution in [3.05, 3.63) is 52.0 Å².